The minimum atomic E-state index is 0.717. The zero-order valence-electron chi connectivity index (χ0n) is 11.7. The van der Waals surface area contributed by atoms with Crippen LogP contribution in [0.15, 0.2) is 18.2 Å². The molecule has 0 N–H and O–H groups in total. The highest BCUT2D eigenvalue weighted by molar-refractivity contribution is 9.08. The summed E-state index contributed by atoms with van der Waals surface area (Å²) in [6, 6.07) is 7.52. The summed E-state index contributed by atoms with van der Waals surface area (Å²) in [6.07, 6.45) is 5.47. The predicted molar refractivity (Wildman–Crippen MR) is 83.6 cm³/mol. The Labute approximate surface area is 120 Å². The third-order valence-corrected chi connectivity index (χ3v) is 4.82. The molecule has 0 saturated heterocycles. The predicted octanol–water partition coefficient (Wildman–Crippen LogP) is 4.90. The minimum Gasteiger partial charge on any atom is -0.371 e. The number of rotatable bonds is 3. The first-order chi connectivity index (χ1) is 8.61. The van der Waals surface area contributed by atoms with Crippen LogP contribution < -0.4 is 4.90 Å². The Morgan fingerprint density at radius 3 is 2.78 bits per heavy atom. The second-order valence-corrected chi connectivity index (χ2v) is 6.36. The van der Waals surface area contributed by atoms with Gasteiger partial charge in [-0.3, -0.25) is 0 Å². The number of alkyl halides is 1. The van der Waals surface area contributed by atoms with Gasteiger partial charge in [-0.05, 0) is 37.3 Å². The van der Waals surface area contributed by atoms with Gasteiger partial charge in [-0.15, -0.1) is 0 Å². The van der Waals surface area contributed by atoms with Crippen LogP contribution in [0, 0.1) is 12.8 Å². The molecular formula is C16H24BrN. The molecule has 1 aromatic rings. The molecule has 0 heterocycles. The number of hydrogen-bond donors (Lipinski definition) is 0. The van der Waals surface area contributed by atoms with Gasteiger partial charge in [0.25, 0.3) is 0 Å². The van der Waals surface area contributed by atoms with Crippen molar-refractivity contribution < 1.29 is 0 Å². The summed E-state index contributed by atoms with van der Waals surface area (Å²) >= 11 is 3.62. The maximum atomic E-state index is 3.62. The van der Waals surface area contributed by atoms with Gasteiger partial charge < -0.3 is 4.90 Å². The van der Waals surface area contributed by atoms with Crippen molar-refractivity contribution in [2.24, 2.45) is 5.92 Å². The highest BCUT2D eigenvalue weighted by atomic mass is 79.9. The van der Waals surface area contributed by atoms with Crippen molar-refractivity contribution in [1.29, 1.82) is 0 Å². The summed E-state index contributed by atoms with van der Waals surface area (Å²) in [6.45, 7) is 4.55. The highest BCUT2D eigenvalue weighted by Gasteiger charge is 2.23. The van der Waals surface area contributed by atoms with E-state index in [1.807, 2.05) is 0 Å². The van der Waals surface area contributed by atoms with Crippen molar-refractivity contribution in [3.05, 3.63) is 29.3 Å². The van der Waals surface area contributed by atoms with E-state index in [2.05, 4.69) is 59.9 Å². The summed E-state index contributed by atoms with van der Waals surface area (Å²) in [5.41, 5.74) is 4.16. The van der Waals surface area contributed by atoms with Gasteiger partial charge in [0.05, 0.1) is 0 Å². The molecule has 1 aliphatic rings. The largest absolute Gasteiger partial charge is 0.371 e. The van der Waals surface area contributed by atoms with Crippen LogP contribution in [0.4, 0.5) is 5.69 Å². The lowest BCUT2D eigenvalue weighted by Crippen LogP contribution is -2.36. The Morgan fingerprint density at radius 1 is 1.33 bits per heavy atom. The van der Waals surface area contributed by atoms with E-state index < -0.39 is 0 Å². The summed E-state index contributed by atoms with van der Waals surface area (Å²) in [7, 11) is 2.26. The Bertz CT molecular complexity index is 402. The fraction of sp³-hybridized carbons (Fsp3) is 0.625. The van der Waals surface area contributed by atoms with Crippen molar-refractivity contribution in [2.45, 2.75) is 50.9 Å². The molecule has 0 aromatic heterocycles. The molecule has 0 spiro atoms. The Hall–Kier alpha value is -0.500. The van der Waals surface area contributed by atoms with E-state index in [1.165, 1.54) is 42.5 Å². The van der Waals surface area contributed by atoms with E-state index in [4.69, 9.17) is 0 Å². The van der Waals surface area contributed by atoms with Crippen molar-refractivity contribution in [2.75, 3.05) is 11.9 Å². The van der Waals surface area contributed by atoms with Gasteiger partial charge in [-0.25, -0.2) is 0 Å². The van der Waals surface area contributed by atoms with Gasteiger partial charge in [0.1, 0.15) is 0 Å². The molecule has 2 rings (SSSR count). The first-order valence-corrected chi connectivity index (χ1v) is 8.12. The monoisotopic (exact) mass is 309 g/mol. The summed E-state index contributed by atoms with van der Waals surface area (Å²) in [5.74, 6) is 0.879. The molecule has 1 nitrogen and oxygen atoms in total. The van der Waals surface area contributed by atoms with Crippen molar-refractivity contribution in [1.82, 2.24) is 0 Å². The SMILES string of the molecule is Cc1ccc(N(C)C2CCCC(C)C2)c(CBr)c1. The number of nitrogens with zero attached hydrogens (tertiary/aromatic N) is 1. The van der Waals surface area contributed by atoms with Crippen LogP contribution in [0.2, 0.25) is 0 Å². The lowest BCUT2D eigenvalue weighted by atomic mass is 9.86. The molecule has 0 bridgehead atoms. The molecule has 1 saturated carbocycles. The molecule has 1 fully saturated rings. The van der Waals surface area contributed by atoms with Gasteiger partial charge in [0.15, 0.2) is 0 Å². The second-order valence-electron chi connectivity index (χ2n) is 5.80. The summed E-state index contributed by atoms with van der Waals surface area (Å²) in [4.78, 5) is 2.51. The Morgan fingerprint density at radius 2 is 2.11 bits per heavy atom. The third-order valence-electron chi connectivity index (χ3n) is 4.22. The van der Waals surface area contributed by atoms with E-state index in [0.717, 1.165) is 11.2 Å². The molecule has 2 atom stereocenters. The zero-order chi connectivity index (χ0) is 13.1. The zero-order valence-corrected chi connectivity index (χ0v) is 13.3. The van der Waals surface area contributed by atoms with E-state index in [9.17, 15) is 0 Å². The van der Waals surface area contributed by atoms with E-state index in [-0.39, 0.29) is 0 Å². The van der Waals surface area contributed by atoms with E-state index in [0.29, 0.717) is 6.04 Å². The van der Waals surface area contributed by atoms with E-state index in [1.54, 1.807) is 0 Å². The van der Waals surface area contributed by atoms with Gasteiger partial charge in [-0.2, -0.15) is 0 Å². The maximum absolute atomic E-state index is 3.62. The molecule has 0 radical (unpaired) electrons. The molecule has 1 aromatic carbocycles. The number of benzene rings is 1. The van der Waals surface area contributed by atoms with E-state index >= 15 is 0 Å². The Balaban J connectivity index is 2.19. The summed E-state index contributed by atoms with van der Waals surface area (Å²) in [5, 5.41) is 0.941. The van der Waals surface area contributed by atoms with Crippen LogP contribution in [-0.2, 0) is 5.33 Å². The fourth-order valence-corrected chi connectivity index (χ4v) is 3.57. The standard InChI is InChI=1S/C16H24BrN/c1-12-5-4-6-15(10-12)18(3)16-8-7-13(2)9-14(16)11-17/h7-9,12,15H,4-6,10-11H2,1-3H3. The lowest BCUT2D eigenvalue weighted by Gasteiger charge is -2.36. The molecule has 2 unspecified atom stereocenters. The molecule has 0 aliphatic heterocycles. The van der Waals surface area contributed by atoms with Crippen LogP contribution in [0.3, 0.4) is 0 Å². The van der Waals surface area contributed by atoms with Crippen molar-refractivity contribution >= 4 is 21.6 Å². The van der Waals surface area contributed by atoms with Crippen molar-refractivity contribution in [3.8, 4) is 0 Å². The lowest BCUT2D eigenvalue weighted by molar-refractivity contribution is 0.336. The number of aryl methyl sites for hydroxylation is 1. The average Bonchev–Trinajstić information content (AvgIpc) is 2.37. The van der Waals surface area contributed by atoms with Gasteiger partial charge in [0, 0.05) is 24.1 Å². The highest BCUT2D eigenvalue weighted by Crippen LogP contribution is 2.32. The van der Waals surface area contributed by atoms with Gasteiger partial charge in [-0.1, -0.05) is 53.4 Å². The number of hydrogen-bond acceptors (Lipinski definition) is 1. The first kappa shape index (κ1) is 13.9. The third kappa shape index (κ3) is 3.09. The average molecular weight is 310 g/mol. The fourth-order valence-electron chi connectivity index (χ4n) is 3.12. The van der Waals surface area contributed by atoms with Crippen LogP contribution in [0.5, 0.6) is 0 Å². The normalized spacial score (nSPS) is 24.0. The second kappa shape index (κ2) is 6.10. The molecule has 18 heavy (non-hydrogen) atoms. The first-order valence-electron chi connectivity index (χ1n) is 7.00. The molecule has 2 heteroatoms. The van der Waals surface area contributed by atoms with Gasteiger partial charge >= 0.3 is 0 Å². The molecule has 1 aliphatic carbocycles. The van der Waals surface area contributed by atoms with Crippen LogP contribution in [-0.4, -0.2) is 13.1 Å². The molecule has 100 valence electrons. The molecule has 0 amide bonds. The summed E-state index contributed by atoms with van der Waals surface area (Å²) < 4.78 is 0. The number of halogens is 1. The van der Waals surface area contributed by atoms with Crippen LogP contribution in [0.25, 0.3) is 0 Å². The number of anilines is 1. The Kier molecular flexibility index (Phi) is 4.71. The topological polar surface area (TPSA) is 3.24 Å². The smallest absolute Gasteiger partial charge is 0.0407 e. The van der Waals surface area contributed by atoms with Gasteiger partial charge in [0.2, 0.25) is 0 Å². The minimum absolute atomic E-state index is 0.717. The van der Waals surface area contributed by atoms with Crippen LogP contribution in [0.1, 0.15) is 43.7 Å². The quantitative estimate of drug-likeness (QED) is 0.717. The molecular weight excluding hydrogens is 286 g/mol. The van der Waals surface area contributed by atoms with Crippen molar-refractivity contribution in [3.63, 3.8) is 0 Å². The maximum Gasteiger partial charge on any atom is 0.0407 e. The van der Waals surface area contributed by atoms with Crippen LogP contribution >= 0.6 is 15.9 Å².